The van der Waals surface area contributed by atoms with E-state index in [1.807, 2.05) is 73.6 Å². The number of anilines is 2. The molecule has 0 radical (unpaired) electrons. The number of nitrogens with one attached hydrogen (secondary N) is 1. The van der Waals surface area contributed by atoms with Gasteiger partial charge in [0.15, 0.2) is 5.78 Å². The van der Waals surface area contributed by atoms with Crippen molar-refractivity contribution in [3.8, 4) is 0 Å². The molecule has 5 rings (SSSR count). The van der Waals surface area contributed by atoms with Gasteiger partial charge in [0.05, 0.1) is 17.5 Å². The van der Waals surface area contributed by atoms with Crippen LogP contribution in [-0.4, -0.2) is 48.3 Å². The van der Waals surface area contributed by atoms with Crippen LogP contribution in [0.15, 0.2) is 78.9 Å². The zero-order chi connectivity index (χ0) is 27.2. The molecule has 4 unspecified atom stereocenters. The SMILES string of the molecule is CC(=O)c1ccc(N2C(=O)C3C(c4ccc(N(C)C)cc4)NC(Cc4ccccc4)(C(=O)O)C3C2=O)cc1. The number of amides is 2. The van der Waals surface area contributed by atoms with E-state index in [2.05, 4.69) is 5.32 Å². The normalized spacial score (nSPS) is 24.4. The molecule has 0 bridgehead atoms. The number of carboxylic acids is 1. The lowest BCUT2D eigenvalue weighted by atomic mass is 9.76. The summed E-state index contributed by atoms with van der Waals surface area (Å²) in [6.07, 6.45) is 0.0345. The van der Waals surface area contributed by atoms with E-state index in [9.17, 15) is 24.3 Å². The fourth-order valence-corrected chi connectivity index (χ4v) is 5.72. The highest BCUT2D eigenvalue weighted by Gasteiger charge is 2.68. The molecule has 8 heteroatoms. The topological polar surface area (TPSA) is 107 Å². The third-order valence-electron chi connectivity index (χ3n) is 7.66. The van der Waals surface area contributed by atoms with Crippen molar-refractivity contribution < 1.29 is 24.3 Å². The van der Waals surface area contributed by atoms with Gasteiger partial charge in [-0.05, 0) is 54.4 Å². The number of imide groups is 1. The Bertz CT molecular complexity index is 1400. The first-order valence-electron chi connectivity index (χ1n) is 12.4. The van der Waals surface area contributed by atoms with E-state index in [-0.39, 0.29) is 12.2 Å². The molecule has 2 aliphatic rings. The van der Waals surface area contributed by atoms with Crippen LogP contribution in [0.4, 0.5) is 11.4 Å². The zero-order valence-electron chi connectivity index (χ0n) is 21.4. The highest BCUT2D eigenvalue weighted by molar-refractivity contribution is 6.24. The number of carboxylic acid groups (broad SMARTS) is 1. The molecule has 0 saturated carbocycles. The van der Waals surface area contributed by atoms with E-state index in [4.69, 9.17) is 0 Å². The lowest BCUT2D eigenvalue weighted by Crippen LogP contribution is -2.57. The second kappa shape index (κ2) is 9.54. The first-order valence-corrected chi connectivity index (χ1v) is 12.4. The minimum Gasteiger partial charge on any atom is -0.480 e. The number of aliphatic carboxylic acids is 1. The molecule has 0 spiro atoms. The summed E-state index contributed by atoms with van der Waals surface area (Å²) in [5.41, 5.74) is 1.51. The van der Waals surface area contributed by atoms with E-state index in [1.165, 1.54) is 6.92 Å². The number of benzene rings is 3. The van der Waals surface area contributed by atoms with E-state index in [0.717, 1.165) is 21.7 Å². The Morgan fingerprint density at radius 1 is 0.921 bits per heavy atom. The third-order valence-corrected chi connectivity index (χ3v) is 7.66. The predicted molar refractivity (Wildman–Crippen MR) is 143 cm³/mol. The summed E-state index contributed by atoms with van der Waals surface area (Å²) >= 11 is 0. The molecule has 2 amide bonds. The van der Waals surface area contributed by atoms with Crippen LogP contribution in [0, 0.1) is 11.8 Å². The summed E-state index contributed by atoms with van der Waals surface area (Å²) < 4.78 is 0. The molecule has 3 aromatic carbocycles. The Hall–Kier alpha value is -4.30. The van der Waals surface area contributed by atoms with Crippen molar-refractivity contribution in [3.05, 3.63) is 95.6 Å². The van der Waals surface area contributed by atoms with Crippen molar-refractivity contribution in [3.63, 3.8) is 0 Å². The number of hydrogen-bond donors (Lipinski definition) is 2. The molecule has 38 heavy (non-hydrogen) atoms. The number of rotatable bonds is 7. The molecular formula is C30H29N3O5. The summed E-state index contributed by atoms with van der Waals surface area (Å²) in [5.74, 6) is -4.38. The molecule has 2 N–H and O–H groups in total. The fourth-order valence-electron chi connectivity index (χ4n) is 5.72. The summed E-state index contributed by atoms with van der Waals surface area (Å²) in [6.45, 7) is 1.44. The Morgan fingerprint density at radius 2 is 1.55 bits per heavy atom. The van der Waals surface area contributed by atoms with Crippen LogP contribution in [0.2, 0.25) is 0 Å². The Balaban J connectivity index is 1.62. The largest absolute Gasteiger partial charge is 0.480 e. The van der Waals surface area contributed by atoms with Crippen molar-refractivity contribution >= 4 is 34.9 Å². The van der Waals surface area contributed by atoms with Gasteiger partial charge in [0.25, 0.3) is 0 Å². The van der Waals surface area contributed by atoms with Crippen LogP contribution in [-0.2, 0) is 20.8 Å². The second-order valence-corrected chi connectivity index (χ2v) is 10.2. The average molecular weight is 512 g/mol. The lowest BCUT2D eigenvalue weighted by Gasteiger charge is -2.31. The quantitative estimate of drug-likeness (QED) is 0.370. The smallest absolute Gasteiger partial charge is 0.325 e. The summed E-state index contributed by atoms with van der Waals surface area (Å²) in [7, 11) is 3.84. The molecule has 8 nitrogen and oxygen atoms in total. The van der Waals surface area contributed by atoms with E-state index < -0.39 is 41.2 Å². The Morgan fingerprint density at radius 3 is 2.11 bits per heavy atom. The van der Waals surface area contributed by atoms with Gasteiger partial charge in [-0.3, -0.25) is 24.5 Å². The second-order valence-electron chi connectivity index (χ2n) is 10.2. The van der Waals surface area contributed by atoms with Gasteiger partial charge in [-0.15, -0.1) is 0 Å². The monoisotopic (exact) mass is 511 g/mol. The van der Waals surface area contributed by atoms with Gasteiger partial charge < -0.3 is 10.0 Å². The summed E-state index contributed by atoms with van der Waals surface area (Å²) in [5, 5.41) is 13.9. The van der Waals surface area contributed by atoms with Crippen LogP contribution in [0.25, 0.3) is 0 Å². The minimum absolute atomic E-state index is 0.0345. The van der Waals surface area contributed by atoms with Gasteiger partial charge in [-0.1, -0.05) is 42.5 Å². The van der Waals surface area contributed by atoms with Gasteiger partial charge in [-0.2, -0.15) is 0 Å². The van der Waals surface area contributed by atoms with Crippen molar-refractivity contribution in [1.82, 2.24) is 5.32 Å². The van der Waals surface area contributed by atoms with Crippen LogP contribution < -0.4 is 15.1 Å². The maximum absolute atomic E-state index is 14.0. The number of carbonyl (C=O) groups is 4. The third kappa shape index (κ3) is 4.07. The number of Topliss-reactive ketones (excluding diaryl/α,β-unsaturated/α-hetero) is 1. The molecule has 194 valence electrons. The summed E-state index contributed by atoms with van der Waals surface area (Å²) in [6, 6.07) is 22.2. The van der Waals surface area contributed by atoms with Gasteiger partial charge in [-0.25, -0.2) is 4.90 Å². The van der Waals surface area contributed by atoms with Crippen molar-refractivity contribution in [2.24, 2.45) is 11.8 Å². The highest BCUT2D eigenvalue weighted by atomic mass is 16.4. The lowest BCUT2D eigenvalue weighted by molar-refractivity contribution is -0.148. The minimum atomic E-state index is -1.70. The average Bonchev–Trinajstić information content (AvgIpc) is 3.38. The van der Waals surface area contributed by atoms with Gasteiger partial charge in [0, 0.05) is 37.8 Å². The molecule has 2 heterocycles. The fraction of sp³-hybridized carbons (Fsp3) is 0.267. The number of ketones is 1. The molecule has 2 saturated heterocycles. The number of fused-ring (bicyclic) bond motifs is 1. The van der Waals surface area contributed by atoms with Gasteiger partial charge in [0.1, 0.15) is 5.54 Å². The van der Waals surface area contributed by atoms with Crippen LogP contribution in [0.3, 0.4) is 0 Å². The Kier molecular flexibility index (Phi) is 6.36. The van der Waals surface area contributed by atoms with Crippen molar-refractivity contribution in [2.45, 2.75) is 24.9 Å². The molecule has 0 aliphatic carbocycles. The first kappa shape index (κ1) is 25.4. The number of carbonyl (C=O) groups excluding carboxylic acids is 3. The van der Waals surface area contributed by atoms with Gasteiger partial charge in [0.2, 0.25) is 11.8 Å². The maximum Gasteiger partial charge on any atom is 0.325 e. The zero-order valence-corrected chi connectivity index (χ0v) is 21.4. The molecule has 4 atom stereocenters. The molecular weight excluding hydrogens is 482 g/mol. The molecule has 2 fully saturated rings. The van der Waals surface area contributed by atoms with E-state index in [0.29, 0.717) is 11.3 Å². The molecule has 0 aromatic heterocycles. The standard InChI is InChI=1S/C30H29N3O5/c1-18(34)20-9-15-23(16-10-20)33-27(35)24-25(28(33)36)30(29(37)38,17-19-7-5-4-6-8-19)31-26(24)21-11-13-22(14-12-21)32(2)3/h4-16,24-26,31H,17H2,1-3H3,(H,37,38). The highest BCUT2D eigenvalue weighted by Crippen LogP contribution is 2.51. The van der Waals surface area contributed by atoms with Crippen LogP contribution >= 0.6 is 0 Å². The molecule has 2 aliphatic heterocycles. The molecule has 3 aromatic rings. The number of hydrogen-bond acceptors (Lipinski definition) is 6. The Labute approximate surface area is 220 Å². The van der Waals surface area contributed by atoms with Crippen LogP contribution in [0.5, 0.6) is 0 Å². The van der Waals surface area contributed by atoms with Crippen molar-refractivity contribution in [2.75, 3.05) is 23.9 Å². The first-order chi connectivity index (χ1) is 18.1. The van der Waals surface area contributed by atoms with Crippen molar-refractivity contribution in [1.29, 1.82) is 0 Å². The van der Waals surface area contributed by atoms with E-state index in [1.54, 1.807) is 24.3 Å². The van der Waals surface area contributed by atoms with E-state index >= 15 is 0 Å². The summed E-state index contributed by atoms with van der Waals surface area (Å²) in [4.78, 5) is 55.7. The van der Waals surface area contributed by atoms with Gasteiger partial charge >= 0.3 is 5.97 Å². The number of nitrogens with zero attached hydrogens (tertiary/aromatic N) is 2. The maximum atomic E-state index is 14.0. The predicted octanol–water partition coefficient (Wildman–Crippen LogP) is 3.47. The van der Waals surface area contributed by atoms with Crippen LogP contribution in [0.1, 0.15) is 34.5 Å².